The number of rotatable bonds is 3. The summed E-state index contributed by atoms with van der Waals surface area (Å²) in [7, 11) is 0. The number of furan rings is 1. The standard InChI is InChI=1S/C13H12BrF2NO/c1-7-4-5-18-13(7)11(17)6-8-10(15)3-2-9(14)12(8)16/h2-5,11H,6,17H2,1H3. The second-order valence-corrected chi connectivity index (χ2v) is 4.95. The molecule has 1 atom stereocenters. The van der Waals surface area contributed by atoms with Gasteiger partial charge < -0.3 is 10.2 Å². The van der Waals surface area contributed by atoms with Crippen molar-refractivity contribution in [1.82, 2.24) is 0 Å². The van der Waals surface area contributed by atoms with Crippen molar-refractivity contribution in [2.75, 3.05) is 0 Å². The molecule has 0 radical (unpaired) electrons. The van der Waals surface area contributed by atoms with Gasteiger partial charge in [-0.2, -0.15) is 0 Å². The Kier molecular flexibility index (Phi) is 3.82. The van der Waals surface area contributed by atoms with Crippen LogP contribution in [0.2, 0.25) is 0 Å². The summed E-state index contributed by atoms with van der Waals surface area (Å²) < 4.78 is 32.8. The van der Waals surface area contributed by atoms with Gasteiger partial charge in [0, 0.05) is 12.0 Å². The lowest BCUT2D eigenvalue weighted by Gasteiger charge is -2.12. The van der Waals surface area contributed by atoms with E-state index in [4.69, 9.17) is 10.2 Å². The summed E-state index contributed by atoms with van der Waals surface area (Å²) in [6.07, 6.45) is 1.56. The van der Waals surface area contributed by atoms with Gasteiger partial charge in [-0.1, -0.05) is 0 Å². The fourth-order valence-corrected chi connectivity index (χ4v) is 2.20. The van der Waals surface area contributed by atoms with E-state index in [0.717, 1.165) is 5.56 Å². The molecule has 2 aromatic rings. The molecule has 0 fully saturated rings. The van der Waals surface area contributed by atoms with Crippen molar-refractivity contribution in [1.29, 1.82) is 0 Å². The maximum absolute atomic E-state index is 13.8. The van der Waals surface area contributed by atoms with Crippen LogP contribution in [-0.2, 0) is 6.42 Å². The normalized spacial score (nSPS) is 12.7. The summed E-state index contributed by atoms with van der Waals surface area (Å²) in [5, 5.41) is 0. The van der Waals surface area contributed by atoms with E-state index in [1.807, 2.05) is 6.92 Å². The van der Waals surface area contributed by atoms with Gasteiger partial charge in [-0.05, 0) is 46.6 Å². The van der Waals surface area contributed by atoms with Gasteiger partial charge in [0.05, 0.1) is 16.8 Å². The predicted octanol–water partition coefficient (Wildman–Crippen LogP) is 3.87. The fourth-order valence-electron chi connectivity index (χ4n) is 1.83. The van der Waals surface area contributed by atoms with E-state index in [0.29, 0.717) is 5.76 Å². The molecule has 1 aromatic heterocycles. The van der Waals surface area contributed by atoms with Gasteiger partial charge in [0.15, 0.2) is 0 Å². The Bertz CT molecular complexity index is 568. The van der Waals surface area contributed by atoms with Crippen LogP contribution in [0.15, 0.2) is 33.4 Å². The Balaban J connectivity index is 2.30. The van der Waals surface area contributed by atoms with Gasteiger partial charge >= 0.3 is 0 Å². The molecule has 0 spiro atoms. The summed E-state index contributed by atoms with van der Waals surface area (Å²) in [6, 6.07) is 3.74. The fraction of sp³-hybridized carbons (Fsp3) is 0.231. The first-order valence-corrected chi connectivity index (χ1v) is 6.22. The average Bonchev–Trinajstić information content (AvgIpc) is 2.76. The minimum atomic E-state index is -0.616. The van der Waals surface area contributed by atoms with Crippen LogP contribution in [0.25, 0.3) is 0 Å². The molecule has 1 heterocycles. The van der Waals surface area contributed by atoms with E-state index in [9.17, 15) is 8.78 Å². The van der Waals surface area contributed by atoms with Crippen molar-refractivity contribution >= 4 is 15.9 Å². The lowest BCUT2D eigenvalue weighted by atomic mass is 10.0. The molecule has 1 unspecified atom stereocenters. The Morgan fingerprint density at radius 1 is 1.33 bits per heavy atom. The minimum absolute atomic E-state index is 0.0346. The van der Waals surface area contributed by atoms with Gasteiger partial charge in [-0.3, -0.25) is 0 Å². The van der Waals surface area contributed by atoms with Crippen LogP contribution in [0.4, 0.5) is 8.78 Å². The molecule has 2 nitrogen and oxygen atoms in total. The van der Waals surface area contributed by atoms with Crippen LogP contribution in [0.1, 0.15) is 22.9 Å². The Morgan fingerprint density at radius 2 is 2.06 bits per heavy atom. The molecule has 0 saturated heterocycles. The van der Waals surface area contributed by atoms with Crippen molar-refractivity contribution in [3.8, 4) is 0 Å². The van der Waals surface area contributed by atoms with E-state index in [1.165, 1.54) is 18.4 Å². The highest BCUT2D eigenvalue weighted by Gasteiger charge is 2.19. The van der Waals surface area contributed by atoms with E-state index in [1.54, 1.807) is 6.07 Å². The van der Waals surface area contributed by atoms with Crippen molar-refractivity contribution < 1.29 is 13.2 Å². The molecule has 5 heteroatoms. The van der Waals surface area contributed by atoms with Crippen LogP contribution in [-0.4, -0.2) is 0 Å². The molecule has 0 aliphatic carbocycles. The first-order chi connectivity index (χ1) is 8.50. The summed E-state index contributed by atoms with van der Waals surface area (Å²) in [6.45, 7) is 1.84. The van der Waals surface area contributed by atoms with Crippen molar-refractivity contribution in [3.63, 3.8) is 0 Å². The average molecular weight is 316 g/mol. The monoisotopic (exact) mass is 315 g/mol. The van der Waals surface area contributed by atoms with Crippen LogP contribution >= 0.6 is 15.9 Å². The second kappa shape index (κ2) is 5.20. The highest BCUT2D eigenvalue weighted by atomic mass is 79.9. The van der Waals surface area contributed by atoms with Crippen LogP contribution in [0, 0.1) is 18.6 Å². The molecule has 0 saturated carbocycles. The zero-order chi connectivity index (χ0) is 13.3. The Hall–Kier alpha value is -1.20. The maximum atomic E-state index is 13.8. The van der Waals surface area contributed by atoms with Crippen molar-refractivity contribution in [2.24, 2.45) is 5.73 Å². The van der Waals surface area contributed by atoms with Gasteiger partial charge in [-0.15, -0.1) is 0 Å². The van der Waals surface area contributed by atoms with Crippen LogP contribution < -0.4 is 5.73 Å². The Labute approximate surface area is 112 Å². The van der Waals surface area contributed by atoms with E-state index in [-0.39, 0.29) is 16.5 Å². The molecule has 2 N–H and O–H groups in total. The summed E-state index contributed by atoms with van der Waals surface area (Å²) in [5.41, 5.74) is 6.76. The highest BCUT2D eigenvalue weighted by Crippen LogP contribution is 2.26. The third-order valence-electron chi connectivity index (χ3n) is 2.80. The number of halogens is 3. The molecule has 18 heavy (non-hydrogen) atoms. The number of hydrogen-bond acceptors (Lipinski definition) is 2. The molecule has 0 amide bonds. The topological polar surface area (TPSA) is 39.2 Å². The van der Waals surface area contributed by atoms with Gasteiger partial charge in [0.1, 0.15) is 17.4 Å². The molecule has 0 aliphatic rings. The van der Waals surface area contributed by atoms with Crippen molar-refractivity contribution in [2.45, 2.75) is 19.4 Å². The number of hydrogen-bond donors (Lipinski definition) is 1. The molecule has 2 rings (SSSR count). The SMILES string of the molecule is Cc1ccoc1C(N)Cc1c(F)ccc(Br)c1F. The van der Waals surface area contributed by atoms with E-state index in [2.05, 4.69) is 15.9 Å². The maximum Gasteiger partial charge on any atom is 0.143 e. The molecule has 1 aromatic carbocycles. The van der Waals surface area contributed by atoms with Gasteiger partial charge in [0.2, 0.25) is 0 Å². The number of aryl methyl sites for hydroxylation is 1. The second-order valence-electron chi connectivity index (χ2n) is 4.10. The lowest BCUT2D eigenvalue weighted by Crippen LogP contribution is -2.15. The molecular weight excluding hydrogens is 304 g/mol. The summed E-state index contributed by atoms with van der Waals surface area (Å²) in [5.74, 6) is -0.668. The minimum Gasteiger partial charge on any atom is -0.467 e. The van der Waals surface area contributed by atoms with E-state index >= 15 is 0 Å². The molecule has 0 aliphatic heterocycles. The first kappa shape index (κ1) is 13.2. The third kappa shape index (κ3) is 2.47. The summed E-state index contributed by atoms with van der Waals surface area (Å²) in [4.78, 5) is 0. The van der Waals surface area contributed by atoms with E-state index < -0.39 is 17.7 Å². The predicted molar refractivity (Wildman–Crippen MR) is 68.1 cm³/mol. The van der Waals surface area contributed by atoms with Gasteiger partial charge in [-0.25, -0.2) is 8.78 Å². The molecular formula is C13H12BrF2NO. The Morgan fingerprint density at radius 3 is 2.67 bits per heavy atom. The number of nitrogens with two attached hydrogens (primary N) is 1. The van der Waals surface area contributed by atoms with Gasteiger partial charge in [0.25, 0.3) is 0 Å². The zero-order valence-electron chi connectivity index (χ0n) is 9.71. The molecule has 96 valence electrons. The first-order valence-electron chi connectivity index (χ1n) is 5.42. The van der Waals surface area contributed by atoms with Crippen LogP contribution in [0.5, 0.6) is 0 Å². The van der Waals surface area contributed by atoms with Crippen molar-refractivity contribution in [3.05, 3.63) is 57.5 Å². The summed E-state index contributed by atoms with van der Waals surface area (Å²) >= 11 is 3.03. The highest BCUT2D eigenvalue weighted by molar-refractivity contribution is 9.10. The number of benzene rings is 1. The zero-order valence-corrected chi connectivity index (χ0v) is 11.3. The lowest BCUT2D eigenvalue weighted by molar-refractivity contribution is 0.450. The largest absolute Gasteiger partial charge is 0.467 e. The molecule has 0 bridgehead atoms. The quantitative estimate of drug-likeness (QED) is 0.873. The smallest absolute Gasteiger partial charge is 0.143 e. The van der Waals surface area contributed by atoms with Crippen LogP contribution in [0.3, 0.4) is 0 Å². The third-order valence-corrected chi connectivity index (χ3v) is 3.41.